The van der Waals surface area contributed by atoms with Crippen LogP contribution in [0.5, 0.6) is 0 Å². The molecule has 4 nitrogen and oxygen atoms in total. The van der Waals surface area contributed by atoms with Crippen molar-refractivity contribution in [3.63, 3.8) is 0 Å². The number of rotatable bonds is 7. The maximum Gasteiger partial charge on any atom is 0.113 e. The normalized spacial score (nSPS) is 17.9. The highest BCUT2D eigenvalue weighted by Crippen LogP contribution is 2.24. The van der Waals surface area contributed by atoms with Gasteiger partial charge in [-0.2, -0.15) is 0 Å². The van der Waals surface area contributed by atoms with Gasteiger partial charge in [-0.05, 0) is 37.3 Å². The number of aryl methyl sites for hydroxylation is 2. The zero-order valence-corrected chi connectivity index (χ0v) is 13.8. The summed E-state index contributed by atoms with van der Waals surface area (Å²) in [4.78, 5) is 4.54. The van der Waals surface area contributed by atoms with Crippen LogP contribution in [-0.4, -0.2) is 20.7 Å². The van der Waals surface area contributed by atoms with Crippen LogP contribution in [0.1, 0.15) is 50.5 Å². The first-order valence-electron chi connectivity index (χ1n) is 8.60. The van der Waals surface area contributed by atoms with E-state index in [0.717, 1.165) is 32.1 Å². The summed E-state index contributed by atoms with van der Waals surface area (Å²) < 4.78 is 4.69. The maximum atomic E-state index is 4.54. The summed E-state index contributed by atoms with van der Waals surface area (Å²) in [5.41, 5.74) is 1.39. The van der Waals surface area contributed by atoms with E-state index in [1.165, 1.54) is 30.8 Å². The fraction of sp³-hybridized carbons (Fsp3) is 0.611. The molecule has 3 rings (SSSR count). The number of hydrogen-bond donors (Lipinski definition) is 1. The molecule has 0 saturated heterocycles. The first kappa shape index (κ1) is 15.3. The quantitative estimate of drug-likeness (QED) is 0.850. The van der Waals surface area contributed by atoms with Crippen molar-refractivity contribution in [2.45, 2.75) is 58.7 Å². The number of nitrogens with one attached hydrogen (secondary N) is 1. The Hall–Kier alpha value is -1.55. The Morgan fingerprint density at radius 1 is 1.36 bits per heavy atom. The van der Waals surface area contributed by atoms with Gasteiger partial charge >= 0.3 is 0 Å². The van der Waals surface area contributed by atoms with Crippen LogP contribution in [0.25, 0.3) is 0 Å². The Labute approximate surface area is 133 Å². The molecule has 0 radical (unpaired) electrons. The highest BCUT2D eigenvalue weighted by Gasteiger charge is 2.20. The fourth-order valence-electron chi connectivity index (χ4n) is 3.30. The van der Waals surface area contributed by atoms with Gasteiger partial charge in [0.25, 0.3) is 0 Å². The van der Waals surface area contributed by atoms with Crippen molar-refractivity contribution in [1.29, 1.82) is 0 Å². The predicted octanol–water partition coefficient (Wildman–Crippen LogP) is 3.40. The summed E-state index contributed by atoms with van der Waals surface area (Å²) >= 11 is 0. The largest absolute Gasteiger partial charge is 0.350 e. The van der Waals surface area contributed by atoms with Gasteiger partial charge in [-0.15, -0.1) is 0 Å². The van der Waals surface area contributed by atoms with E-state index >= 15 is 0 Å². The number of aromatic nitrogens is 3. The summed E-state index contributed by atoms with van der Waals surface area (Å²) in [7, 11) is 0. The third kappa shape index (κ3) is 3.61. The van der Waals surface area contributed by atoms with Crippen molar-refractivity contribution < 1.29 is 0 Å². The zero-order valence-electron chi connectivity index (χ0n) is 13.8. The third-order valence-electron chi connectivity index (χ3n) is 4.63. The predicted molar refractivity (Wildman–Crippen MR) is 89.8 cm³/mol. The first-order valence-corrected chi connectivity index (χ1v) is 8.60. The molecule has 0 fully saturated rings. The first-order chi connectivity index (χ1) is 10.7. The van der Waals surface area contributed by atoms with Crippen molar-refractivity contribution in [3.8, 4) is 0 Å². The molecule has 120 valence electrons. The molecule has 1 aliphatic rings. The Morgan fingerprint density at radius 3 is 3.14 bits per heavy atom. The van der Waals surface area contributed by atoms with Crippen molar-refractivity contribution >= 4 is 0 Å². The Kier molecular flexibility index (Phi) is 4.98. The zero-order chi connectivity index (χ0) is 15.4. The van der Waals surface area contributed by atoms with Gasteiger partial charge in [-0.3, -0.25) is 0 Å². The molecule has 0 saturated carbocycles. The molecule has 1 unspecified atom stereocenters. The third-order valence-corrected chi connectivity index (χ3v) is 4.63. The number of imidazole rings is 1. The molecule has 4 heteroatoms. The number of hydrogen-bond acceptors (Lipinski definition) is 2. The van der Waals surface area contributed by atoms with Crippen LogP contribution in [0, 0.1) is 5.92 Å². The summed E-state index contributed by atoms with van der Waals surface area (Å²) in [6.45, 7) is 8.79. The molecule has 2 aromatic rings. The molecule has 0 spiro atoms. The Bertz CT molecular complexity index is 581. The van der Waals surface area contributed by atoms with E-state index in [2.05, 4.69) is 57.8 Å². The highest BCUT2D eigenvalue weighted by molar-refractivity contribution is 5.08. The van der Waals surface area contributed by atoms with Crippen molar-refractivity contribution in [3.05, 3.63) is 42.2 Å². The van der Waals surface area contributed by atoms with Gasteiger partial charge in [0.15, 0.2) is 0 Å². The molecular formula is C18H28N4. The second-order valence-corrected chi connectivity index (χ2v) is 6.82. The van der Waals surface area contributed by atoms with E-state index in [0.29, 0.717) is 5.92 Å². The molecular weight excluding hydrogens is 272 g/mol. The van der Waals surface area contributed by atoms with Crippen LogP contribution in [-0.2, 0) is 19.6 Å². The molecule has 2 aromatic heterocycles. The van der Waals surface area contributed by atoms with E-state index in [9.17, 15) is 0 Å². The lowest BCUT2D eigenvalue weighted by Gasteiger charge is -2.23. The summed E-state index contributed by atoms with van der Waals surface area (Å²) in [5, 5.41) is 3.64. The fourth-order valence-corrected chi connectivity index (χ4v) is 3.30. The molecule has 0 aromatic carbocycles. The van der Waals surface area contributed by atoms with Crippen LogP contribution in [0.3, 0.4) is 0 Å². The van der Waals surface area contributed by atoms with Crippen LogP contribution < -0.4 is 5.32 Å². The molecule has 0 bridgehead atoms. The average molecular weight is 300 g/mol. The second-order valence-electron chi connectivity index (χ2n) is 6.82. The molecule has 0 aliphatic carbocycles. The molecule has 0 amide bonds. The molecule has 22 heavy (non-hydrogen) atoms. The number of nitrogens with zero attached hydrogens (tertiary/aromatic N) is 3. The maximum absolute atomic E-state index is 4.54. The Balaban J connectivity index is 1.51. The van der Waals surface area contributed by atoms with E-state index in [-0.39, 0.29) is 0 Å². The average Bonchev–Trinajstić information content (AvgIpc) is 3.14. The van der Waals surface area contributed by atoms with E-state index < -0.39 is 0 Å². The highest BCUT2D eigenvalue weighted by atomic mass is 15.1. The lowest BCUT2D eigenvalue weighted by molar-refractivity contribution is 0.419. The van der Waals surface area contributed by atoms with E-state index in [1.807, 2.05) is 6.20 Å². The van der Waals surface area contributed by atoms with Gasteiger partial charge < -0.3 is 14.5 Å². The van der Waals surface area contributed by atoms with Crippen LogP contribution in [0.15, 0.2) is 30.7 Å². The van der Waals surface area contributed by atoms with Crippen molar-refractivity contribution in [1.82, 2.24) is 19.4 Å². The topological polar surface area (TPSA) is 34.8 Å². The van der Waals surface area contributed by atoms with Crippen LogP contribution in [0.2, 0.25) is 0 Å². The molecule has 1 aliphatic heterocycles. The molecule has 1 N–H and O–H groups in total. The van der Waals surface area contributed by atoms with Crippen LogP contribution >= 0.6 is 0 Å². The lowest BCUT2D eigenvalue weighted by atomic mass is 9.99. The van der Waals surface area contributed by atoms with Gasteiger partial charge in [-0.1, -0.05) is 13.8 Å². The SMILES string of the molecule is CC(C)CCn1cccc1CNCC1CCCn2ccnc21. The van der Waals surface area contributed by atoms with Gasteiger partial charge in [0.1, 0.15) is 5.82 Å². The summed E-state index contributed by atoms with van der Waals surface area (Å²) in [5.74, 6) is 2.57. The smallest absolute Gasteiger partial charge is 0.113 e. The standard InChI is InChI=1S/C18H28N4/c1-15(2)7-11-21-9-4-6-17(21)14-19-13-16-5-3-10-22-12-8-20-18(16)22/h4,6,8-9,12,15-16,19H,3,5,7,10-11,13-14H2,1-2H3. The van der Waals surface area contributed by atoms with Crippen molar-refractivity contribution in [2.24, 2.45) is 5.92 Å². The summed E-state index contributed by atoms with van der Waals surface area (Å²) in [6.07, 6.45) is 10.00. The minimum atomic E-state index is 0.558. The molecule has 1 atom stereocenters. The van der Waals surface area contributed by atoms with Gasteiger partial charge in [0.05, 0.1) is 0 Å². The van der Waals surface area contributed by atoms with Gasteiger partial charge in [0, 0.05) is 56.4 Å². The monoisotopic (exact) mass is 300 g/mol. The second kappa shape index (κ2) is 7.14. The van der Waals surface area contributed by atoms with E-state index in [1.54, 1.807) is 0 Å². The van der Waals surface area contributed by atoms with Crippen LogP contribution in [0.4, 0.5) is 0 Å². The van der Waals surface area contributed by atoms with E-state index in [4.69, 9.17) is 0 Å². The van der Waals surface area contributed by atoms with Gasteiger partial charge in [-0.25, -0.2) is 4.98 Å². The van der Waals surface area contributed by atoms with Crippen molar-refractivity contribution in [2.75, 3.05) is 6.54 Å². The molecule has 3 heterocycles. The minimum absolute atomic E-state index is 0.558. The lowest BCUT2D eigenvalue weighted by Crippen LogP contribution is -2.27. The van der Waals surface area contributed by atoms with Gasteiger partial charge in [0.2, 0.25) is 0 Å². The number of fused-ring (bicyclic) bond motifs is 1. The Morgan fingerprint density at radius 2 is 2.27 bits per heavy atom. The summed E-state index contributed by atoms with van der Waals surface area (Å²) in [6, 6.07) is 4.39. The minimum Gasteiger partial charge on any atom is -0.350 e.